The minimum Gasteiger partial charge on any atom is -0.379 e. The molecule has 138 valence electrons. The first kappa shape index (κ1) is 17.3. The molecule has 1 unspecified atom stereocenters. The number of rotatable bonds is 4. The Bertz CT molecular complexity index is 828. The highest BCUT2D eigenvalue weighted by Gasteiger charge is 2.47. The van der Waals surface area contributed by atoms with Gasteiger partial charge in [0.1, 0.15) is 5.02 Å². The quantitative estimate of drug-likeness (QED) is 0.844. The molecule has 25 heavy (non-hydrogen) atoms. The van der Waals surface area contributed by atoms with Crippen LogP contribution in [0.2, 0.25) is 5.02 Å². The molecule has 0 bridgehead atoms. The molecule has 1 aromatic heterocycles. The molecule has 3 aliphatic rings. The van der Waals surface area contributed by atoms with Crippen LogP contribution in [0.15, 0.2) is 11.0 Å². The highest BCUT2D eigenvalue weighted by atomic mass is 35.5. The third-order valence-electron chi connectivity index (χ3n) is 5.83. The van der Waals surface area contributed by atoms with Gasteiger partial charge >= 0.3 is 0 Å². The van der Waals surface area contributed by atoms with Gasteiger partial charge in [-0.25, -0.2) is 13.1 Å². The first-order valence-electron chi connectivity index (χ1n) is 8.76. The summed E-state index contributed by atoms with van der Waals surface area (Å²) in [6.45, 7) is 1.40. The van der Waals surface area contributed by atoms with Gasteiger partial charge in [-0.3, -0.25) is 4.79 Å². The van der Waals surface area contributed by atoms with E-state index in [1.807, 2.05) is 0 Å². The summed E-state index contributed by atoms with van der Waals surface area (Å²) in [5.41, 5.74) is -0.113. The molecule has 3 fully saturated rings. The molecule has 3 heterocycles. The van der Waals surface area contributed by atoms with Crippen molar-refractivity contribution in [3.63, 3.8) is 0 Å². The van der Waals surface area contributed by atoms with E-state index >= 15 is 0 Å². The summed E-state index contributed by atoms with van der Waals surface area (Å²) in [6, 6.07) is -0.431. The number of aromatic nitrogens is 2. The minimum absolute atomic E-state index is 0.0539. The van der Waals surface area contributed by atoms with E-state index in [1.165, 1.54) is 17.3 Å². The van der Waals surface area contributed by atoms with Gasteiger partial charge in [0.2, 0.25) is 0 Å². The molecule has 9 heteroatoms. The van der Waals surface area contributed by atoms with Crippen molar-refractivity contribution in [3.05, 3.63) is 21.6 Å². The van der Waals surface area contributed by atoms with Gasteiger partial charge in [0, 0.05) is 13.2 Å². The molecule has 0 radical (unpaired) electrons. The number of anilines is 1. The Hall–Kier alpha value is -1.12. The molecule has 0 amide bonds. The first-order valence-corrected chi connectivity index (χ1v) is 11.0. The molecule has 1 aliphatic carbocycles. The number of halogens is 1. The summed E-state index contributed by atoms with van der Waals surface area (Å²) in [7, 11) is -3.09. The van der Waals surface area contributed by atoms with E-state index in [0.29, 0.717) is 24.6 Å². The topological polar surface area (TPSA) is 90.3 Å². The fourth-order valence-corrected chi connectivity index (χ4v) is 6.34. The van der Waals surface area contributed by atoms with Gasteiger partial charge in [-0.1, -0.05) is 18.0 Å². The molecule has 2 saturated heterocycles. The monoisotopic (exact) mass is 387 g/mol. The molecule has 0 spiro atoms. The summed E-state index contributed by atoms with van der Waals surface area (Å²) in [5, 5.41) is 7.47. The number of fused-ring (bicyclic) bond motifs is 1. The number of nitrogens with one attached hydrogen (secondary N) is 1. The Morgan fingerprint density at radius 1 is 1.40 bits per heavy atom. The lowest BCUT2D eigenvalue weighted by Crippen LogP contribution is -2.39. The third kappa shape index (κ3) is 3.08. The largest absolute Gasteiger partial charge is 0.379 e. The van der Waals surface area contributed by atoms with Crippen LogP contribution in [0.25, 0.3) is 0 Å². The molecular weight excluding hydrogens is 366 g/mol. The predicted octanol–water partition coefficient (Wildman–Crippen LogP) is 1.63. The molecule has 4 rings (SSSR count). The molecule has 1 N–H and O–H groups in total. The van der Waals surface area contributed by atoms with Crippen molar-refractivity contribution in [1.29, 1.82) is 0 Å². The van der Waals surface area contributed by atoms with Crippen LogP contribution in [0.5, 0.6) is 0 Å². The van der Waals surface area contributed by atoms with Crippen LogP contribution in [-0.2, 0) is 14.6 Å². The van der Waals surface area contributed by atoms with Gasteiger partial charge in [-0.15, -0.1) is 0 Å². The van der Waals surface area contributed by atoms with Crippen LogP contribution in [0, 0.1) is 5.92 Å². The summed E-state index contributed by atoms with van der Waals surface area (Å²) in [5.74, 6) is 0.600. The Labute approximate surface area is 151 Å². The Kier molecular flexibility index (Phi) is 4.32. The van der Waals surface area contributed by atoms with Crippen LogP contribution < -0.4 is 10.9 Å². The number of nitrogens with zero attached hydrogens (tertiary/aromatic N) is 2. The summed E-state index contributed by atoms with van der Waals surface area (Å²) >= 11 is 6.25. The van der Waals surface area contributed by atoms with Crippen LogP contribution in [0.1, 0.15) is 38.1 Å². The maximum Gasteiger partial charge on any atom is 0.287 e. The van der Waals surface area contributed by atoms with Crippen molar-refractivity contribution in [2.75, 3.05) is 30.0 Å². The summed E-state index contributed by atoms with van der Waals surface area (Å²) in [4.78, 5) is 12.5. The Morgan fingerprint density at radius 3 is 3.00 bits per heavy atom. The Balaban J connectivity index is 1.52. The SMILES string of the molecule is O=c1c(Cl)c(NC[C@]23CCC[C@H]2CCO3)cnn1C1CCS(=O)(=O)C1. The minimum atomic E-state index is -3.09. The lowest BCUT2D eigenvalue weighted by molar-refractivity contribution is 0.00332. The van der Waals surface area contributed by atoms with E-state index < -0.39 is 21.4 Å². The van der Waals surface area contributed by atoms with Crippen molar-refractivity contribution in [3.8, 4) is 0 Å². The lowest BCUT2D eigenvalue weighted by Gasteiger charge is -2.29. The van der Waals surface area contributed by atoms with Crippen LogP contribution in [0.4, 0.5) is 5.69 Å². The van der Waals surface area contributed by atoms with Gasteiger partial charge in [-0.05, 0) is 31.6 Å². The second kappa shape index (κ2) is 6.25. The van der Waals surface area contributed by atoms with Gasteiger partial charge in [0.05, 0.1) is 35.0 Å². The number of sulfone groups is 1. The van der Waals surface area contributed by atoms with Crippen LogP contribution in [-0.4, -0.2) is 48.5 Å². The molecule has 1 saturated carbocycles. The zero-order chi connectivity index (χ0) is 17.7. The lowest BCUT2D eigenvalue weighted by atomic mass is 9.91. The smallest absolute Gasteiger partial charge is 0.287 e. The average Bonchev–Trinajstić information content (AvgIpc) is 3.22. The predicted molar refractivity (Wildman–Crippen MR) is 94.9 cm³/mol. The molecule has 7 nitrogen and oxygen atoms in total. The van der Waals surface area contributed by atoms with E-state index in [0.717, 1.165) is 25.9 Å². The van der Waals surface area contributed by atoms with Crippen molar-refractivity contribution in [1.82, 2.24) is 9.78 Å². The van der Waals surface area contributed by atoms with Crippen molar-refractivity contribution < 1.29 is 13.2 Å². The zero-order valence-electron chi connectivity index (χ0n) is 13.9. The summed E-state index contributed by atoms with van der Waals surface area (Å²) in [6.07, 6.45) is 6.38. The van der Waals surface area contributed by atoms with Crippen molar-refractivity contribution in [2.24, 2.45) is 5.92 Å². The molecular formula is C16H22ClN3O4S. The number of ether oxygens (including phenoxy) is 1. The first-order chi connectivity index (χ1) is 11.9. The van der Waals surface area contributed by atoms with E-state index in [-0.39, 0.29) is 22.1 Å². The van der Waals surface area contributed by atoms with E-state index in [2.05, 4.69) is 10.4 Å². The van der Waals surface area contributed by atoms with E-state index in [4.69, 9.17) is 16.3 Å². The van der Waals surface area contributed by atoms with Crippen LogP contribution >= 0.6 is 11.6 Å². The molecule has 0 aromatic carbocycles. The fourth-order valence-electron chi connectivity index (χ4n) is 4.44. The fraction of sp³-hybridized carbons (Fsp3) is 0.750. The van der Waals surface area contributed by atoms with Gasteiger partial charge in [0.25, 0.3) is 5.56 Å². The maximum absolute atomic E-state index is 12.5. The molecule has 3 atom stereocenters. The highest BCUT2D eigenvalue weighted by molar-refractivity contribution is 7.91. The maximum atomic E-state index is 12.5. The van der Waals surface area contributed by atoms with E-state index in [9.17, 15) is 13.2 Å². The molecule has 2 aliphatic heterocycles. The second-order valence-electron chi connectivity index (χ2n) is 7.32. The second-order valence-corrected chi connectivity index (χ2v) is 9.93. The highest BCUT2D eigenvalue weighted by Crippen LogP contribution is 2.45. The number of hydrogen-bond acceptors (Lipinski definition) is 6. The van der Waals surface area contributed by atoms with Gasteiger partial charge in [0.15, 0.2) is 9.84 Å². The zero-order valence-corrected chi connectivity index (χ0v) is 15.5. The Morgan fingerprint density at radius 2 is 2.24 bits per heavy atom. The summed E-state index contributed by atoms with van der Waals surface area (Å²) < 4.78 is 30.5. The van der Waals surface area contributed by atoms with E-state index in [1.54, 1.807) is 0 Å². The van der Waals surface area contributed by atoms with Gasteiger partial charge < -0.3 is 10.1 Å². The van der Waals surface area contributed by atoms with Crippen LogP contribution in [0.3, 0.4) is 0 Å². The van der Waals surface area contributed by atoms with Crippen molar-refractivity contribution >= 4 is 27.1 Å². The molecule has 1 aromatic rings. The van der Waals surface area contributed by atoms with Crippen molar-refractivity contribution in [2.45, 2.75) is 43.7 Å². The number of hydrogen-bond donors (Lipinski definition) is 1. The van der Waals surface area contributed by atoms with Gasteiger partial charge in [-0.2, -0.15) is 5.10 Å². The standard InChI is InChI=1S/C16H22ClN3O4S/c17-14-13(18-10-16-5-1-2-11(16)3-6-24-16)8-19-20(15(14)21)12-4-7-25(22,23)9-12/h8,11-12,18H,1-7,9-10H2/t11-,12?,16+/m0/s1. The average molecular weight is 388 g/mol. The third-order valence-corrected chi connectivity index (χ3v) is 7.94. The normalized spacial score (nSPS) is 33.5.